The summed E-state index contributed by atoms with van der Waals surface area (Å²) in [5.41, 5.74) is 3.13. The SMILES string of the molecule is c1ccc(CCN2CC2)c(CCN2CC2)c1. The van der Waals surface area contributed by atoms with Gasteiger partial charge in [-0.25, -0.2) is 0 Å². The van der Waals surface area contributed by atoms with Gasteiger partial charge >= 0.3 is 0 Å². The van der Waals surface area contributed by atoms with Crippen LogP contribution in [0.2, 0.25) is 0 Å². The molecule has 0 unspecified atom stereocenters. The van der Waals surface area contributed by atoms with Gasteiger partial charge in [0.05, 0.1) is 0 Å². The van der Waals surface area contributed by atoms with Crippen molar-refractivity contribution in [1.82, 2.24) is 9.80 Å². The molecule has 0 amide bonds. The van der Waals surface area contributed by atoms with Crippen LogP contribution in [0.4, 0.5) is 0 Å². The zero-order chi connectivity index (χ0) is 10.8. The zero-order valence-corrected chi connectivity index (χ0v) is 9.86. The lowest BCUT2D eigenvalue weighted by molar-refractivity contribution is 0.548. The van der Waals surface area contributed by atoms with Gasteiger partial charge in [-0.3, -0.25) is 0 Å². The number of nitrogens with zero attached hydrogens (tertiary/aromatic N) is 2. The molecular formula is C14H20N2. The quantitative estimate of drug-likeness (QED) is 0.663. The van der Waals surface area contributed by atoms with Crippen molar-refractivity contribution >= 4 is 0 Å². The van der Waals surface area contributed by atoms with Gasteiger partial charge in [0.1, 0.15) is 0 Å². The molecule has 2 heterocycles. The fourth-order valence-corrected chi connectivity index (χ4v) is 2.19. The molecule has 0 aromatic heterocycles. The fraction of sp³-hybridized carbons (Fsp3) is 0.571. The van der Waals surface area contributed by atoms with Gasteiger partial charge in [-0.05, 0) is 24.0 Å². The second-order valence-corrected chi connectivity index (χ2v) is 4.95. The van der Waals surface area contributed by atoms with Gasteiger partial charge in [0.2, 0.25) is 0 Å². The van der Waals surface area contributed by atoms with E-state index in [1.54, 1.807) is 11.1 Å². The highest BCUT2D eigenvalue weighted by molar-refractivity contribution is 5.28. The van der Waals surface area contributed by atoms with E-state index < -0.39 is 0 Å². The molecule has 2 aliphatic heterocycles. The number of benzene rings is 1. The molecule has 2 nitrogen and oxygen atoms in total. The summed E-state index contributed by atoms with van der Waals surface area (Å²) in [6.45, 7) is 7.76. The molecule has 86 valence electrons. The van der Waals surface area contributed by atoms with Crippen LogP contribution in [0.5, 0.6) is 0 Å². The lowest BCUT2D eigenvalue weighted by Gasteiger charge is -2.09. The molecule has 16 heavy (non-hydrogen) atoms. The third-order valence-corrected chi connectivity index (χ3v) is 3.59. The van der Waals surface area contributed by atoms with Crippen molar-refractivity contribution in [3.8, 4) is 0 Å². The summed E-state index contributed by atoms with van der Waals surface area (Å²) in [6.07, 6.45) is 2.46. The predicted octanol–water partition coefficient (Wildman–Crippen LogP) is 1.40. The number of rotatable bonds is 6. The van der Waals surface area contributed by atoms with Crippen molar-refractivity contribution in [2.75, 3.05) is 39.3 Å². The molecule has 3 rings (SSSR count). The van der Waals surface area contributed by atoms with Crippen molar-refractivity contribution in [1.29, 1.82) is 0 Å². The Morgan fingerprint density at radius 3 is 1.56 bits per heavy atom. The second kappa shape index (κ2) is 4.56. The Morgan fingerprint density at radius 2 is 1.19 bits per heavy atom. The van der Waals surface area contributed by atoms with E-state index in [0.717, 1.165) is 0 Å². The van der Waals surface area contributed by atoms with E-state index in [4.69, 9.17) is 0 Å². The summed E-state index contributed by atoms with van der Waals surface area (Å²) in [4.78, 5) is 5.00. The van der Waals surface area contributed by atoms with Crippen molar-refractivity contribution in [3.63, 3.8) is 0 Å². The van der Waals surface area contributed by atoms with Gasteiger partial charge in [0.25, 0.3) is 0 Å². The maximum absolute atomic E-state index is 2.50. The molecule has 0 aliphatic carbocycles. The van der Waals surface area contributed by atoms with Crippen LogP contribution in [0, 0.1) is 0 Å². The molecule has 2 saturated heterocycles. The van der Waals surface area contributed by atoms with Crippen LogP contribution < -0.4 is 0 Å². The average Bonchev–Trinajstić information content (AvgIpc) is 3.17. The van der Waals surface area contributed by atoms with Gasteiger partial charge in [0, 0.05) is 39.3 Å². The summed E-state index contributed by atoms with van der Waals surface area (Å²) >= 11 is 0. The van der Waals surface area contributed by atoms with Crippen molar-refractivity contribution in [3.05, 3.63) is 35.4 Å². The van der Waals surface area contributed by atoms with Gasteiger partial charge in [0.15, 0.2) is 0 Å². The summed E-state index contributed by atoms with van der Waals surface area (Å²) in [6, 6.07) is 8.97. The lowest BCUT2D eigenvalue weighted by atomic mass is 10.0. The van der Waals surface area contributed by atoms with Gasteiger partial charge in [-0.1, -0.05) is 24.3 Å². The first-order valence-electron chi connectivity index (χ1n) is 6.43. The van der Waals surface area contributed by atoms with E-state index in [9.17, 15) is 0 Å². The highest BCUT2D eigenvalue weighted by Crippen LogP contribution is 2.15. The summed E-state index contributed by atoms with van der Waals surface area (Å²) in [5.74, 6) is 0. The molecule has 0 bridgehead atoms. The van der Waals surface area contributed by atoms with Crippen molar-refractivity contribution in [2.45, 2.75) is 12.8 Å². The molecule has 0 radical (unpaired) electrons. The first kappa shape index (κ1) is 10.3. The Bertz CT molecular complexity index is 319. The molecule has 0 saturated carbocycles. The minimum absolute atomic E-state index is 1.23. The Balaban J connectivity index is 1.58. The highest BCUT2D eigenvalue weighted by Gasteiger charge is 2.18. The molecule has 1 aromatic carbocycles. The Morgan fingerprint density at radius 1 is 0.750 bits per heavy atom. The van der Waals surface area contributed by atoms with E-state index in [1.807, 2.05) is 0 Å². The molecule has 2 fully saturated rings. The topological polar surface area (TPSA) is 6.02 Å². The fourth-order valence-electron chi connectivity index (χ4n) is 2.19. The minimum atomic E-state index is 1.23. The Hall–Kier alpha value is -0.860. The average molecular weight is 216 g/mol. The van der Waals surface area contributed by atoms with Gasteiger partial charge in [-0.2, -0.15) is 0 Å². The van der Waals surface area contributed by atoms with Crippen molar-refractivity contribution < 1.29 is 0 Å². The maximum atomic E-state index is 2.50. The monoisotopic (exact) mass is 216 g/mol. The maximum Gasteiger partial charge on any atom is 0.0110 e. The van der Waals surface area contributed by atoms with Crippen LogP contribution in [0.25, 0.3) is 0 Å². The summed E-state index contributed by atoms with van der Waals surface area (Å²) in [7, 11) is 0. The summed E-state index contributed by atoms with van der Waals surface area (Å²) in [5, 5.41) is 0. The minimum Gasteiger partial charge on any atom is -0.300 e. The third kappa shape index (κ3) is 2.83. The molecule has 2 aliphatic rings. The van der Waals surface area contributed by atoms with Crippen LogP contribution in [-0.4, -0.2) is 49.1 Å². The first-order valence-corrected chi connectivity index (χ1v) is 6.43. The van der Waals surface area contributed by atoms with Gasteiger partial charge in [-0.15, -0.1) is 0 Å². The summed E-state index contributed by atoms with van der Waals surface area (Å²) < 4.78 is 0. The predicted molar refractivity (Wildman–Crippen MR) is 66.7 cm³/mol. The van der Waals surface area contributed by atoms with Crippen LogP contribution >= 0.6 is 0 Å². The van der Waals surface area contributed by atoms with E-state index in [0.29, 0.717) is 0 Å². The van der Waals surface area contributed by atoms with E-state index in [-0.39, 0.29) is 0 Å². The largest absolute Gasteiger partial charge is 0.300 e. The third-order valence-electron chi connectivity index (χ3n) is 3.59. The van der Waals surface area contributed by atoms with Crippen LogP contribution in [0.1, 0.15) is 11.1 Å². The standard InChI is InChI=1S/C14H20N2/c1-2-4-14(6-8-16-11-12-16)13(3-1)5-7-15-9-10-15/h1-4H,5-12H2. The van der Waals surface area contributed by atoms with Crippen LogP contribution in [0.3, 0.4) is 0 Å². The zero-order valence-electron chi connectivity index (χ0n) is 9.86. The van der Waals surface area contributed by atoms with E-state index >= 15 is 0 Å². The molecule has 0 N–H and O–H groups in total. The van der Waals surface area contributed by atoms with Crippen LogP contribution in [0.15, 0.2) is 24.3 Å². The number of hydrogen-bond donors (Lipinski definition) is 0. The lowest BCUT2D eigenvalue weighted by Crippen LogP contribution is -2.08. The molecular weight excluding hydrogens is 196 g/mol. The first-order chi connectivity index (χ1) is 7.92. The van der Waals surface area contributed by atoms with E-state index in [2.05, 4.69) is 34.1 Å². The molecule has 1 aromatic rings. The van der Waals surface area contributed by atoms with Gasteiger partial charge < -0.3 is 9.80 Å². The van der Waals surface area contributed by atoms with Crippen molar-refractivity contribution in [2.24, 2.45) is 0 Å². The molecule has 0 atom stereocenters. The molecule has 2 heteroatoms. The smallest absolute Gasteiger partial charge is 0.0110 e. The Labute approximate surface area is 97.9 Å². The highest BCUT2D eigenvalue weighted by atomic mass is 15.3. The molecule has 0 spiro atoms. The normalized spacial score (nSPS) is 20.0. The number of hydrogen-bond acceptors (Lipinski definition) is 2. The second-order valence-electron chi connectivity index (χ2n) is 4.95. The Kier molecular flexibility index (Phi) is 2.94. The van der Waals surface area contributed by atoms with Crippen LogP contribution in [-0.2, 0) is 12.8 Å². The van der Waals surface area contributed by atoms with E-state index in [1.165, 1.54) is 52.1 Å².